The predicted octanol–water partition coefficient (Wildman–Crippen LogP) is 3.96. The Bertz CT molecular complexity index is 928. The third kappa shape index (κ3) is 3.22. The van der Waals surface area contributed by atoms with Gasteiger partial charge in [0.1, 0.15) is 6.20 Å². The van der Waals surface area contributed by atoms with Gasteiger partial charge in [-0.3, -0.25) is 19.6 Å². The molecule has 6 rings (SSSR count). The highest BCUT2D eigenvalue weighted by Crippen LogP contribution is 2.58. The molecule has 1 aromatic heterocycles. The summed E-state index contributed by atoms with van der Waals surface area (Å²) in [4.78, 5) is 23.9. The van der Waals surface area contributed by atoms with Crippen LogP contribution >= 0.6 is 0 Å². The van der Waals surface area contributed by atoms with Crippen molar-refractivity contribution in [2.24, 2.45) is 17.8 Å². The number of carbonyl (C=O) groups is 1. The number of aromatic nitrogens is 2. The molecule has 4 bridgehead atoms. The Morgan fingerprint density at radius 3 is 2.31 bits per heavy atom. The molecule has 2 aromatic rings. The maximum atomic E-state index is 12.8. The number of nitro groups is 1. The van der Waals surface area contributed by atoms with E-state index in [0.717, 1.165) is 30.4 Å². The number of nitrogens with one attached hydrogen (secondary N) is 1. The first-order valence-corrected chi connectivity index (χ1v) is 10.5. The first kappa shape index (κ1) is 18.3. The molecule has 1 heterocycles. The molecule has 0 aliphatic heterocycles. The quantitative estimate of drug-likeness (QED) is 0.614. The standard InChI is InChI=1S/C22H26N4O3/c1-14-2-4-15(5-3-14)12-23-21(27)20-19(26(28)29)13-25(24-20)22-9-16-6-17(10-22)8-18(7-16)11-22/h2-5,13,16-18H,6-12H2,1H3,(H,23,27). The van der Waals surface area contributed by atoms with Crippen molar-refractivity contribution in [3.05, 3.63) is 57.4 Å². The molecular weight excluding hydrogens is 368 g/mol. The lowest BCUT2D eigenvalue weighted by Gasteiger charge is -2.56. The van der Waals surface area contributed by atoms with Crippen LogP contribution in [0.5, 0.6) is 0 Å². The van der Waals surface area contributed by atoms with Gasteiger partial charge in [-0.15, -0.1) is 0 Å². The lowest BCUT2D eigenvalue weighted by Crippen LogP contribution is -2.52. The van der Waals surface area contributed by atoms with E-state index in [4.69, 9.17) is 0 Å². The maximum Gasteiger partial charge on any atom is 0.320 e. The molecule has 4 fully saturated rings. The first-order chi connectivity index (χ1) is 13.9. The van der Waals surface area contributed by atoms with E-state index in [1.165, 1.54) is 25.5 Å². The second-order valence-electron chi connectivity index (χ2n) is 9.37. The number of aryl methyl sites for hydroxylation is 1. The average molecular weight is 394 g/mol. The van der Waals surface area contributed by atoms with Crippen LogP contribution in [0.25, 0.3) is 0 Å². The fourth-order valence-corrected chi connectivity index (χ4v) is 6.22. The van der Waals surface area contributed by atoms with Gasteiger partial charge in [-0.25, -0.2) is 0 Å². The monoisotopic (exact) mass is 394 g/mol. The van der Waals surface area contributed by atoms with Crippen LogP contribution in [0.2, 0.25) is 0 Å². The minimum atomic E-state index is -0.485. The molecular formula is C22H26N4O3. The highest BCUT2D eigenvalue weighted by Gasteiger charge is 2.53. The molecule has 0 spiro atoms. The van der Waals surface area contributed by atoms with Crippen LogP contribution in [0.1, 0.15) is 60.1 Å². The lowest BCUT2D eigenvalue weighted by atomic mass is 9.53. The minimum Gasteiger partial charge on any atom is -0.346 e. The van der Waals surface area contributed by atoms with E-state index in [2.05, 4.69) is 10.4 Å². The molecule has 29 heavy (non-hydrogen) atoms. The van der Waals surface area contributed by atoms with Gasteiger partial charge in [0.2, 0.25) is 5.69 Å². The van der Waals surface area contributed by atoms with Crippen molar-refractivity contribution in [2.75, 3.05) is 0 Å². The summed E-state index contributed by atoms with van der Waals surface area (Å²) in [6.07, 6.45) is 8.45. The van der Waals surface area contributed by atoms with Crippen LogP contribution in [-0.2, 0) is 12.1 Å². The van der Waals surface area contributed by atoms with E-state index in [1.807, 2.05) is 31.2 Å². The topological polar surface area (TPSA) is 90.1 Å². The summed E-state index contributed by atoms with van der Waals surface area (Å²) in [5.74, 6) is 1.61. The zero-order valence-corrected chi connectivity index (χ0v) is 16.6. The van der Waals surface area contributed by atoms with Crippen molar-refractivity contribution < 1.29 is 9.72 Å². The van der Waals surface area contributed by atoms with Crippen LogP contribution in [0.4, 0.5) is 5.69 Å². The highest BCUT2D eigenvalue weighted by molar-refractivity contribution is 5.96. The zero-order valence-electron chi connectivity index (χ0n) is 16.6. The summed E-state index contributed by atoms with van der Waals surface area (Å²) in [5, 5.41) is 19.0. The number of hydrogen-bond acceptors (Lipinski definition) is 4. The maximum absolute atomic E-state index is 12.8. The molecule has 1 amide bonds. The van der Waals surface area contributed by atoms with Gasteiger partial charge < -0.3 is 5.32 Å². The molecule has 7 nitrogen and oxygen atoms in total. The number of benzene rings is 1. The summed E-state index contributed by atoms with van der Waals surface area (Å²) in [7, 11) is 0. The highest BCUT2D eigenvalue weighted by atomic mass is 16.6. The SMILES string of the molecule is Cc1ccc(CNC(=O)c2nn(C34CC5CC(CC(C5)C3)C4)cc2[N+](=O)[O-])cc1. The second kappa shape index (κ2) is 6.68. The molecule has 0 atom stereocenters. The summed E-state index contributed by atoms with van der Waals surface area (Å²) in [5.41, 5.74) is 1.69. The van der Waals surface area contributed by atoms with Crippen molar-refractivity contribution in [3.63, 3.8) is 0 Å². The number of amides is 1. The first-order valence-electron chi connectivity index (χ1n) is 10.5. The molecule has 0 unspecified atom stereocenters. The molecule has 0 radical (unpaired) electrons. The molecule has 7 heteroatoms. The lowest BCUT2D eigenvalue weighted by molar-refractivity contribution is -0.385. The van der Waals surface area contributed by atoms with Crippen LogP contribution in [0.3, 0.4) is 0 Å². The number of rotatable bonds is 5. The third-order valence-corrected chi connectivity index (χ3v) is 7.17. The Hall–Kier alpha value is -2.70. The fraction of sp³-hybridized carbons (Fsp3) is 0.545. The van der Waals surface area contributed by atoms with Crippen LogP contribution in [-0.4, -0.2) is 20.6 Å². The predicted molar refractivity (Wildman–Crippen MR) is 107 cm³/mol. The fourth-order valence-electron chi connectivity index (χ4n) is 6.22. The number of carbonyl (C=O) groups excluding carboxylic acids is 1. The number of hydrogen-bond donors (Lipinski definition) is 1. The zero-order chi connectivity index (χ0) is 20.2. The van der Waals surface area contributed by atoms with Gasteiger partial charge >= 0.3 is 5.69 Å². The van der Waals surface area contributed by atoms with E-state index < -0.39 is 10.8 Å². The van der Waals surface area contributed by atoms with Crippen molar-refractivity contribution in [3.8, 4) is 0 Å². The van der Waals surface area contributed by atoms with Gasteiger partial charge in [0.25, 0.3) is 5.91 Å². The normalized spacial score (nSPS) is 29.8. The van der Waals surface area contributed by atoms with Gasteiger partial charge in [0, 0.05) is 6.54 Å². The second-order valence-corrected chi connectivity index (χ2v) is 9.37. The molecule has 152 valence electrons. The van der Waals surface area contributed by atoms with Crippen LogP contribution in [0.15, 0.2) is 30.5 Å². The molecule has 4 aliphatic carbocycles. The largest absolute Gasteiger partial charge is 0.346 e. The summed E-state index contributed by atoms with van der Waals surface area (Å²) in [6, 6.07) is 7.84. The van der Waals surface area contributed by atoms with Gasteiger partial charge in [0.15, 0.2) is 0 Å². The van der Waals surface area contributed by atoms with Crippen LogP contribution < -0.4 is 5.32 Å². The van der Waals surface area contributed by atoms with Gasteiger partial charge in [-0.05, 0) is 68.8 Å². The van der Waals surface area contributed by atoms with E-state index >= 15 is 0 Å². The Balaban J connectivity index is 1.40. The van der Waals surface area contributed by atoms with Crippen LogP contribution in [0, 0.1) is 34.8 Å². The Morgan fingerprint density at radius 1 is 1.17 bits per heavy atom. The molecule has 1 aromatic carbocycles. The van der Waals surface area contributed by atoms with E-state index in [0.29, 0.717) is 24.3 Å². The Morgan fingerprint density at radius 2 is 1.76 bits per heavy atom. The molecule has 4 saturated carbocycles. The third-order valence-electron chi connectivity index (χ3n) is 7.17. The Labute approximate surface area is 169 Å². The van der Waals surface area contributed by atoms with E-state index in [1.54, 1.807) is 4.68 Å². The van der Waals surface area contributed by atoms with Gasteiger partial charge in [0.05, 0.1) is 10.5 Å². The van der Waals surface area contributed by atoms with Crippen molar-refractivity contribution in [1.29, 1.82) is 0 Å². The molecule has 1 N–H and O–H groups in total. The molecule has 0 saturated heterocycles. The van der Waals surface area contributed by atoms with Crippen molar-refractivity contribution in [2.45, 2.75) is 57.5 Å². The van der Waals surface area contributed by atoms with Crippen molar-refractivity contribution in [1.82, 2.24) is 15.1 Å². The van der Waals surface area contributed by atoms with Gasteiger partial charge in [-0.1, -0.05) is 29.8 Å². The van der Waals surface area contributed by atoms with E-state index in [9.17, 15) is 14.9 Å². The van der Waals surface area contributed by atoms with Gasteiger partial charge in [-0.2, -0.15) is 5.10 Å². The summed E-state index contributed by atoms with van der Waals surface area (Å²) >= 11 is 0. The molecule has 4 aliphatic rings. The van der Waals surface area contributed by atoms with Crippen molar-refractivity contribution >= 4 is 11.6 Å². The minimum absolute atomic E-state index is 0.0714. The number of nitrogens with zero attached hydrogens (tertiary/aromatic N) is 3. The summed E-state index contributed by atoms with van der Waals surface area (Å²) in [6.45, 7) is 2.32. The Kier molecular flexibility index (Phi) is 4.22. The smallest absolute Gasteiger partial charge is 0.320 e. The average Bonchev–Trinajstić information content (AvgIpc) is 3.13. The summed E-state index contributed by atoms with van der Waals surface area (Å²) < 4.78 is 1.79. The van der Waals surface area contributed by atoms with E-state index in [-0.39, 0.29) is 16.9 Å².